The lowest BCUT2D eigenvalue weighted by molar-refractivity contribution is 0.0111. The molecule has 0 saturated heterocycles. The first-order chi connectivity index (χ1) is 12.9. The lowest BCUT2D eigenvalue weighted by atomic mass is 10.2. The first-order valence-electron chi connectivity index (χ1n) is 8.48. The second kappa shape index (κ2) is 9.60. The van der Waals surface area contributed by atoms with E-state index in [0.29, 0.717) is 5.56 Å². The number of nitrogens with zero attached hydrogens (tertiary/aromatic N) is 1. The summed E-state index contributed by atoms with van der Waals surface area (Å²) in [5.74, 6) is 5.58. The molecule has 2 N–H and O–H groups in total. The van der Waals surface area contributed by atoms with E-state index in [1.807, 2.05) is 0 Å². The number of amides is 2. The van der Waals surface area contributed by atoms with Crippen molar-refractivity contribution in [2.75, 3.05) is 11.9 Å². The molecule has 0 spiro atoms. The van der Waals surface area contributed by atoms with E-state index >= 15 is 0 Å². The van der Waals surface area contributed by atoms with Crippen molar-refractivity contribution in [3.05, 3.63) is 23.9 Å². The summed E-state index contributed by atoms with van der Waals surface area (Å²) in [6.45, 7) is 10.2. The predicted octanol–water partition coefficient (Wildman–Crippen LogP) is 3.44. The van der Waals surface area contributed by atoms with Crippen molar-refractivity contribution in [1.29, 1.82) is 0 Å². The number of alkyl carbamates (subject to hydrolysis) is 1. The van der Waals surface area contributed by atoms with Crippen molar-refractivity contribution in [3.63, 3.8) is 0 Å². The van der Waals surface area contributed by atoms with E-state index in [4.69, 9.17) is 9.47 Å². The number of hydrogen-bond acceptors (Lipinski definition) is 7. The predicted molar refractivity (Wildman–Crippen MR) is 102 cm³/mol. The molecule has 2 amide bonds. The Kier molecular flexibility index (Phi) is 7.80. The van der Waals surface area contributed by atoms with Gasteiger partial charge in [-0.1, -0.05) is 11.8 Å². The Balaban J connectivity index is 2.65. The second-order valence-corrected chi connectivity index (χ2v) is 7.54. The molecule has 0 bridgehead atoms. The third kappa shape index (κ3) is 10.0. The number of ether oxygens (including phenoxy) is 3. The van der Waals surface area contributed by atoms with E-state index in [2.05, 4.69) is 32.2 Å². The highest BCUT2D eigenvalue weighted by Crippen LogP contribution is 2.12. The highest BCUT2D eigenvalue weighted by molar-refractivity contribution is 5.91. The fourth-order valence-electron chi connectivity index (χ4n) is 1.64. The zero-order valence-electron chi connectivity index (χ0n) is 16.8. The molecule has 0 fully saturated rings. The van der Waals surface area contributed by atoms with Gasteiger partial charge in [0.1, 0.15) is 11.2 Å². The van der Waals surface area contributed by atoms with E-state index in [9.17, 15) is 14.4 Å². The van der Waals surface area contributed by atoms with Crippen molar-refractivity contribution in [2.24, 2.45) is 0 Å². The molecule has 0 aliphatic heterocycles. The van der Waals surface area contributed by atoms with Crippen LogP contribution in [0.4, 0.5) is 20.2 Å². The molecule has 0 unspecified atom stereocenters. The fourth-order valence-corrected chi connectivity index (χ4v) is 1.64. The minimum atomic E-state index is -1.13. The third-order valence-corrected chi connectivity index (χ3v) is 2.54. The van der Waals surface area contributed by atoms with Crippen molar-refractivity contribution in [1.82, 2.24) is 10.3 Å². The molecule has 9 heteroatoms. The molecule has 0 aliphatic rings. The first kappa shape index (κ1) is 22.8. The van der Waals surface area contributed by atoms with Gasteiger partial charge in [-0.15, -0.1) is 0 Å². The van der Waals surface area contributed by atoms with Crippen molar-refractivity contribution in [3.8, 4) is 11.8 Å². The van der Waals surface area contributed by atoms with E-state index < -0.39 is 29.5 Å². The van der Waals surface area contributed by atoms with E-state index in [1.165, 1.54) is 6.20 Å². The number of rotatable bonds is 2. The number of pyridine rings is 1. The quantitative estimate of drug-likeness (QED) is 0.451. The van der Waals surface area contributed by atoms with Crippen LogP contribution in [0.25, 0.3) is 0 Å². The summed E-state index contributed by atoms with van der Waals surface area (Å²) in [6, 6.07) is 3.23. The van der Waals surface area contributed by atoms with Gasteiger partial charge in [0, 0.05) is 6.20 Å². The average Bonchev–Trinajstić information content (AvgIpc) is 2.49. The number of nitrogens with one attached hydrogen (secondary N) is 2. The largest absolute Gasteiger partial charge is 0.517 e. The van der Waals surface area contributed by atoms with Gasteiger partial charge in [-0.2, -0.15) is 0 Å². The Morgan fingerprint density at radius 1 is 1.04 bits per heavy atom. The molecule has 0 aliphatic carbocycles. The molecule has 28 heavy (non-hydrogen) atoms. The standard InChI is InChI=1S/C19H25N3O6/c1-18(2,3)27-15(23)21-12-8-10-13-9-7-11-20-14(13)22-16(24)26-17(25)28-19(4,5)6/h7,9,11H,12H2,1-6H3,(H,21,23)(H,20,22,24). The fraction of sp³-hybridized carbons (Fsp3) is 0.474. The Morgan fingerprint density at radius 2 is 1.68 bits per heavy atom. The van der Waals surface area contributed by atoms with Gasteiger partial charge in [0.15, 0.2) is 5.82 Å². The maximum Gasteiger partial charge on any atom is 0.517 e. The lowest BCUT2D eigenvalue weighted by Crippen LogP contribution is -2.32. The van der Waals surface area contributed by atoms with Gasteiger partial charge in [-0.3, -0.25) is 5.32 Å². The Hall–Kier alpha value is -3.28. The minimum absolute atomic E-state index is 0.0333. The third-order valence-electron chi connectivity index (χ3n) is 2.54. The number of carbonyl (C=O) groups excluding carboxylic acids is 3. The van der Waals surface area contributed by atoms with Crippen LogP contribution in [0, 0.1) is 11.8 Å². The normalized spacial score (nSPS) is 10.8. The summed E-state index contributed by atoms with van der Waals surface area (Å²) in [7, 11) is 0. The molecular weight excluding hydrogens is 366 g/mol. The number of aromatic nitrogens is 1. The van der Waals surface area contributed by atoms with E-state index in [1.54, 1.807) is 53.7 Å². The number of carbonyl (C=O) groups is 3. The van der Waals surface area contributed by atoms with E-state index in [0.717, 1.165) is 0 Å². The van der Waals surface area contributed by atoms with E-state index in [-0.39, 0.29) is 12.4 Å². The van der Waals surface area contributed by atoms with Crippen molar-refractivity contribution < 1.29 is 28.6 Å². The molecule has 0 atom stereocenters. The summed E-state index contributed by atoms with van der Waals surface area (Å²) in [5, 5.41) is 4.81. The second-order valence-electron chi connectivity index (χ2n) is 7.54. The minimum Gasteiger partial charge on any atom is -0.444 e. The molecule has 1 rings (SSSR count). The average molecular weight is 391 g/mol. The summed E-state index contributed by atoms with van der Waals surface area (Å²) in [6.07, 6.45) is -1.34. The summed E-state index contributed by atoms with van der Waals surface area (Å²) < 4.78 is 14.5. The van der Waals surface area contributed by atoms with Gasteiger partial charge < -0.3 is 19.5 Å². The van der Waals surface area contributed by atoms with Crippen LogP contribution in [0.15, 0.2) is 18.3 Å². The number of hydrogen-bond donors (Lipinski definition) is 2. The Bertz CT molecular complexity index is 781. The Morgan fingerprint density at radius 3 is 2.29 bits per heavy atom. The SMILES string of the molecule is CC(C)(C)OC(=O)NCC#Cc1cccnc1NC(=O)OC(=O)OC(C)(C)C. The highest BCUT2D eigenvalue weighted by atomic mass is 16.8. The van der Waals surface area contributed by atoms with Crippen LogP contribution in [-0.2, 0) is 14.2 Å². The van der Waals surface area contributed by atoms with Gasteiger partial charge in [0.2, 0.25) is 0 Å². The maximum absolute atomic E-state index is 11.8. The van der Waals surface area contributed by atoms with Crippen LogP contribution in [-0.4, -0.2) is 41.1 Å². The van der Waals surface area contributed by atoms with Crippen LogP contribution in [0.2, 0.25) is 0 Å². The van der Waals surface area contributed by atoms with Gasteiger partial charge in [-0.05, 0) is 53.7 Å². The van der Waals surface area contributed by atoms with Gasteiger partial charge in [0.25, 0.3) is 0 Å². The lowest BCUT2D eigenvalue weighted by Gasteiger charge is -2.19. The Labute approximate surface area is 164 Å². The zero-order valence-corrected chi connectivity index (χ0v) is 16.8. The van der Waals surface area contributed by atoms with Gasteiger partial charge in [-0.25, -0.2) is 19.4 Å². The van der Waals surface area contributed by atoms with Crippen molar-refractivity contribution >= 4 is 24.2 Å². The van der Waals surface area contributed by atoms with Crippen molar-refractivity contribution in [2.45, 2.75) is 52.7 Å². The summed E-state index contributed by atoms with van der Waals surface area (Å²) in [4.78, 5) is 38.9. The van der Waals surface area contributed by atoms with Crippen LogP contribution in [0.1, 0.15) is 47.1 Å². The monoisotopic (exact) mass is 391 g/mol. The molecule has 152 valence electrons. The maximum atomic E-state index is 11.8. The molecular formula is C19H25N3O6. The van der Waals surface area contributed by atoms with Crippen LogP contribution in [0.5, 0.6) is 0 Å². The van der Waals surface area contributed by atoms with Crippen LogP contribution >= 0.6 is 0 Å². The zero-order chi connectivity index (χ0) is 21.4. The van der Waals surface area contributed by atoms with Gasteiger partial charge in [0.05, 0.1) is 12.1 Å². The molecule has 1 heterocycles. The van der Waals surface area contributed by atoms with Crippen LogP contribution in [0.3, 0.4) is 0 Å². The molecule has 1 aromatic rings. The molecule has 0 aromatic carbocycles. The molecule has 0 saturated carbocycles. The molecule has 9 nitrogen and oxygen atoms in total. The van der Waals surface area contributed by atoms with Gasteiger partial charge >= 0.3 is 18.3 Å². The van der Waals surface area contributed by atoms with Crippen LogP contribution < -0.4 is 10.6 Å². The smallest absolute Gasteiger partial charge is 0.444 e. The number of anilines is 1. The highest BCUT2D eigenvalue weighted by Gasteiger charge is 2.21. The molecule has 0 radical (unpaired) electrons. The summed E-state index contributed by atoms with van der Waals surface area (Å²) in [5.41, 5.74) is -1.03. The first-order valence-corrected chi connectivity index (χ1v) is 8.48. The summed E-state index contributed by atoms with van der Waals surface area (Å²) >= 11 is 0. The topological polar surface area (TPSA) is 116 Å². The molecule has 1 aromatic heterocycles.